The molecular formula is C8H8Cl3N3O. The SMILES string of the molecule is O=CNC(Nc1cccnc1)C(Cl)(Cl)Cl. The van der Waals surface area contributed by atoms with E-state index in [0.29, 0.717) is 12.1 Å². The summed E-state index contributed by atoms with van der Waals surface area (Å²) < 4.78 is -1.64. The average Bonchev–Trinajstić information content (AvgIpc) is 2.17. The minimum atomic E-state index is -1.64. The van der Waals surface area contributed by atoms with Crippen molar-refractivity contribution >= 4 is 46.9 Å². The summed E-state index contributed by atoms with van der Waals surface area (Å²) in [6, 6.07) is 3.46. The fourth-order valence-corrected chi connectivity index (χ4v) is 1.25. The molecule has 1 aromatic rings. The van der Waals surface area contributed by atoms with Gasteiger partial charge in [0.1, 0.15) is 6.17 Å². The number of aromatic nitrogens is 1. The van der Waals surface area contributed by atoms with Crippen LogP contribution >= 0.6 is 34.8 Å². The monoisotopic (exact) mass is 267 g/mol. The van der Waals surface area contributed by atoms with Crippen LogP contribution in [-0.4, -0.2) is 21.4 Å². The highest BCUT2D eigenvalue weighted by atomic mass is 35.6. The first-order valence-electron chi connectivity index (χ1n) is 3.97. The number of hydrogen-bond acceptors (Lipinski definition) is 3. The fourth-order valence-electron chi connectivity index (χ4n) is 0.901. The highest BCUT2D eigenvalue weighted by Gasteiger charge is 2.32. The van der Waals surface area contributed by atoms with E-state index in [2.05, 4.69) is 15.6 Å². The van der Waals surface area contributed by atoms with Gasteiger partial charge in [0.25, 0.3) is 0 Å². The predicted molar refractivity (Wildman–Crippen MR) is 61.1 cm³/mol. The van der Waals surface area contributed by atoms with Crippen LogP contribution < -0.4 is 10.6 Å². The van der Waals surface area contributed by atoms with Crippen molar-refractivity contribution in [2.24, 2.45) is 0 Å². The second-order valence-corrected chi connectivity index (χ2v) is 5.01. The maximum Gasteiger partial charge on any atom is 0.228 e. The molecule has 1 aromatic heterocycles. The average molecular weight is 269 g/mol. The van der Waals surface area contributed by atoms with Gasteiger partial charge in [-0.3, -0.25) is 9.78 Å². The predicted octanol–water partition coefficient (Wildman–Crippen LogP) is 1.94. The smallest absolute Gasteiger partial charge is 0.228 e. The number of nitrogens with one attached hydrogen (secondary N) is 2. The Balaban J connectivity index is 2.71. The van der Waals surface area contributed by atoms with Crippen molar-refractivity contribution in [2.45, 2.75) is 9.96 Å². The standard InChI is InChI=1S/C8H8Cl3N3O/c9-8(10,11)7(13-5-15)14-6-2-1-3-12-4-6/h1-5,7,14H,(H,13,15). The van der Waals surface area contributed by atoms with Gasteiger partial charge in [-0.2, -0.15) is 0 Å². The largest absolute Gasteiger partial charge is 0.361 e. The number of rotatable bonds is 4. The summed E-state index contributed by atoms with van der Waals surface area (Å²) in [5, 5.41) is 5.17. The van der Waals surface area contributed by atoms with Crippen molar-refractivity contribution in [3.8, 4) is 0 Å². The summed E-state index contributed by atoms with van der Waals surface area (Å²) in [6.45, 7) is 0. The van der Waals surface area contributed by atoms with Crippen LogP contribution in [0.2, 0.25) is 0 Å². The van der Waals surface area contributed by atoms with E-state index in [0.717, 1.165) is 0 Å². The van der Waals surface area contributed by atoms with E-state index in [9.17, 15) is 4.79 Å². The van der Waals surface area contributed by atoms with Gasteiger partial charge in [0.2, 0.25) is 10.2 Å². The Bertz CT molecular complexity index is 315. The molecule has 4 nitrogen and oxygen atoms in total. The fraction of sp³-hybridized carbons (Fsp3) is 0.250. The zero-order chi connectivity index (χ0) is 11.3. The second-order valence-electron chi connectivity index (χ2n) is 2.65. The highest BCUT2D eigenvalue weighted by molar-refractivity contribution is 6.68. The Kier molecular flexibility index (Phi) is 4.45. The molecule has 1 unspecified atom stereocenters. The first-order valence-corrected chi connectivity index (χ1v) is 5.10. The van der Waals surface area contributed by atoms with Crippen LogP contribution in [0.5, 0.6) is 0 Å². The molecule has 0 aliphatic carbocycles. The minimum Gasteiger partial charge on any atom is -0.361 e. The van der Waals surface area contributed by atoms with E-state index in [1.807, 2.05) is 0 Å². The van der Waals surface area contributed by atoms with Crippen molar-refractivity contribution in [3.63, 3.8) is 0 Å². The lowest BCUT2D eigenvalue weighted by molar-refractivity contribution is -0.110. The van der Waals surface area contributed by atoms with Crippen LogP contribution in [0.1, 0.15) is 0 Å². The Morgan fingerprint density at radius 1 is 1.47 bits per heavy atom. The van der Waals surface area contributed by atoms with E-state index < -0.39 is 9.96 Å². The summed E-state index contributed by atoms with van der Waals surface area (Å²) >= 11 is 17.0. The van der Waals surface area contributed by atoms with E-state index in [1.165, 1.54) is 0 Å². The van der Waals surface area contributed by atoms with Crippen LogP contribution in [0.4, 0.5) is 5.69 Å². The van der Waals surface area contributed by atoms with Gasteiger partial charge >= 0.3 is 0 Å². The van der Waals surface area contributed by atoms with Crippen LogP contribution in [0.25, 0.3) is 0 Å². The van der Waals surface area contributed by atoms with Crippen LogP contribution in [0, 0.1) is 0 Å². The van der Waals surface area contributed by atoms with Crippen LogP contribution in [0.3, 0.4) is 0 Å². The number of hydrogen-bond donors (Lipinski definition) is 2. The molecule has 1 heterocycles. The second kappa shape index (κ2) is 5.39. The van der Waals surface area contributed by atoms with Crippen molar-refractivity contribution in [1.82, 2.24) is 10.3 Å². The molecule has 15 heavy (non-hydrogen) atoms. The number of anilines is 1. The number of nitrogens with zero attached hydrogens (tertiary/aromatic N) is 1. The third kappa shape index (κ3) is 4.11. The Morgan fingerprint density at radius 3 is 2.67 bits per heavy atom. The van der Waals surface area contributed by atoms with Crippen molar-refractivity contribution in [3.05, 3.63) is 24.5 Å². The third-order valence-corrected chi connectivity index (χ3v) is 2.19. The molecule has 7 heteroatoms. The lowest BCUT2D eigenvalue weighted by atomic mass is 10.4. The lowest BCUT2D eigenvalue weighted by Crippen LogP contribution is -2.45. The van der Waals surface area contributed by atoms with Gasteiger partial charge in [-0.25, -0.2) is 0 Å². The van der Waals surface area contributed by atoms with Gasteiger partial charge < -0.3 is 10.6 Å². The molecule has 1 rings (SSSR count). The number of carbonyl (C=O) groups is 1. The first kappa shape index (κ1) is 12.4. The van der Waals surface area contributed by atoms with Gasteiger partial charge in [0, 0.05) is 12.4 Å². The van der Waals surface area contributed by atoms with Gasteiger partial charge in [0.15, 0.2) is 0 Å². The first-order chi connectivity index (χ1) is 7.04. The highest BCUT2D eigenvalue weighted by Crippen LogP contribution is 2.30. The Hall–Kier alpha value is -0.710. The van der Waals surface area contributed by atoms with Gasteiger partial charge in [-0.05, 0) is 12.1 Å². The summed E-state index contributed by atoms with van der Waals surface area (Å²) in [6.07, 6.45) is 2.80. The number of alkyl halides is 3. The molecule has 0 saturated carbocycles. The molecule has 0 aromatic carbocycles. The molecule has 82 valence electrons. The Morgan fingerprint density at radius 2 is 2.20 bits per heavy atom. The van der Waals surface area contributed by atoms with Gasteiger partial charge in [-0.15, -0.1) is 0 Å². The molecule has 0 saturated heterocycles. The molecule has 0 radical (unpaired) electrons. The normalized spacial score (nSPS) is 13.0. The topological polar surface area (TPSA) is 54.0 Å². The van der Waals surface area contributed by atoms with E-state index in [-0.39, 0.29) is 0 Å². The van der Waals surface area contributed by atoms with Gasteiger partial charge in [0.05, 0.1) is 5.69 Å². The van der Waals surface area contributed by atoms with Crippen molar-refractivity contribution < 1.29 is 4.79 Å². The zero-order valence-corrected chi connectivity index (χ0v) is 9.72. The van der Waals surface area contributed by atoms with Crippen LogP contribution in [-0.2, 0) is 4.79 Å². The minimum absolute atomic E-state index is 0.454. The van der Waals surface area contributed by atoms with E-state index in [1.54, 1.807) is 24.5 Å². The maximum absolute atomic E-state index is 10.3. The number of pyridine rings is 1. The third-order valence-electron chi connectivity index (χ3n) is 1.53. The molecule has 0 bridgehead atoms. The quantitative estimate of drug-likeness (QED) is 0.498. The molecule has 0 aliphatic rings. The zero-order valence-electron chi connectivity index (χ0n) is 7.45. The molecule has 0 fully saturated rings. The lowest BCUT2D eigenvalue weighted by Gasteiger charge is -2.25. The summed E-state index contributed by atoms with van der Waals surface area (Å²) in [4.78, 5) is 14.2. The van der Waals surface area contributed by atoms with Crippen molar-refractivity contribution in [1.29, 1.82) is 0 Å². The summed E-state index contributed by atoms with van der Waals surface area (Å²) in [7, 11) is 0. The number of carbonyl (C=O) groups excluding carboxylic acids is 1. The molecule has 1 amide bonds. The van der Waals surface area contributed by atoms with Gasteiger partial charge in [-0.1, -0.05) is 34.8 Å². The van der Waals surface area contributed by atoms with E-state index >= 15 is 0 Å². The van der Waals surface area contributed by atoms with E-state index in [4.69, 9.17) is 34.8 Å². The van der Waals surface area contributed by atoms with Crippen molar-refractivity contribution in [2.75, 3.05) is 5.32 Å². The maximum atomic E-state index is 10.3. The van der Waals surface area contributed by atoms with Crippen LogP contribution in [0.15, 0.2) is 24.5 Å². The number of amides is 1. The molecule has 0 spiro atoms. The summed E-state index contributed by atoms with van der Waals surface area (Å²) in [5.74, 6) is 0. The molecule has 2 N–H and O–H groups in total. The number of halogens is 3. The molecular weight excluding hydrogens is 260 g/mol. The molecule has 1 atom stereocenters. The summed E-state index contributed by atoms with van der Waals surface area (Å²) in [5.41, 5.74) is 0.642. The Labute approximate surface area is 102 Å². The molecule has 0 aliphatic heterocycles.